The van der Waals surface area contributed by atoms with Crippen LogP contribution in [0.25, 0.3) is 11.4 Å². The highest BCUT2D eigenvalue weighted by molar-refractivity contribution is 5.55. The lowest BCUT2D eigenvalue weighted by Gasteiger charge is -2.39. The Bertz CT molecular complexity index is 675. The molecule has 0 spiro atoms. The van der Waals surface area contributed by atoms with Crippen LogP contribution in [0.3, 0.4) is 0 Å². The molecule has 166 valence electrons. The van der Waals surface area contributed by atoms with Gasteiger partial charge < -0.3 is 9.22 Å². The van der Waals surface area contributed by atoms with Crippen LogP contribution >= 0.6 is 0 Å². The van der Waals surface area contributed by atoms with Crippen molar-refractivity contribution in [3.8, 4) is 17.1 Å². The van der Waals surface area contributed by atoms with Gasteiger partial charge in [-0.2, -0.15) is 0 Å². The van der Waals surface area contributed by atoms with Crippen molar-refractivity contribution in [1.29, 1.82) is 0 Å². The summed E-state index contributed by atoms with van der Waals surface area (Å²) in [4.78, 5) is 8.80. The van der Waals surface area contributed by atoms with E-state index < -0.39 is 0 Å². The monoisotopic (exact) mass is 412 g/mol. The van der Waals surface area contributed by atoms with Gasteiger partial charge in [-0.05, 0) is 56.0 Å². The van der Waals surface area contributed by atoms with Crippen molar-refractivity contribution >= 4 is 0 Å². The first-order valence-electron chi connectivity index (χ1n) is 12.0. The van der Waals surface area contributed by atoms with Crippen LogP contribution in [-0.4, -0.2) is 47.2 Å². The second-order valence-electron chi connectivity index (χ2n) is 8.61. The van der Waals surface area contributed by atoms with E-state index in [2.05, 4.69) is 30.7 Å². The lowest BCUT2D eigenvalue weighted by molar-refractivity contribution is -0.929. The van der Waals surface area contributed by atoms with Crippen molar-refractivity contribution in [2.45, 2.75) is 72.6 Å². The zero-order valence-electron chi connectivity index (χ0n) is 19.7. The van der Waals surface area contributed by atoms with E-state index in [1.54, 1.807) is 0 Å². The molecule has 4 nitrogen and oxygen atoms in total. The number of rotatable bonds is 15. The highest BCUT2D eigenvalue weighted by Crippen LogP contribution is 2.20. The number of hydrogen-bond donors (Lipinski definition) is 0. The molecule has 2 rings (SSSR count). The Kier molecular flexibility index (Phi) is 10.9. The van der Waals surface area contributed by atoms with E-state index in [1.165, 1.54) is 69.2 Å². The zero-order chi connectivity index (χ0) is 21.7. The summed E-state index contributed by atoms with van der Waals surface area (Å²) in [6, 6.07) is 8.16. The topological polar surface area (TPSA) is 35.0 Å². The fourth-order valence-corrected chi connectivity index (χ4v) is 3.98. The molecule has 1 aromatic heterocycles. The summed E-state index contributed by atoms with van der Waals surface area (Å²) in [5.74, 6) is 1.69. The fourth-order valence-electron chi connectivity index (χ4n) is 3.98. The summed E-state index contributed by atoms with van der Waals surface area (Å²) in [6.45, 7) is 14.9. The first kappa shape index (κ1) is 24.3. The highest BCUT2D eigenvalue weighted by atomic mass is 16.5. The Morgan fingerprint density at radius 1 is 0.733 bits per heavy atom. The Labute approximate surface area is 184 Å². The number of benzene rings is 1. The lowest BCUT2D eigenvalue weighted by atomic mass is 10.1. The summed E-state index contributed by atoms with van der Waals surface area (Å²) in [6.07, 6.45) is 12.7. The first-order chi connectivity index (χ1) is 14.6. The van der Waals surface area contributed by atoms with Crippen LogP contribution in [0, 0.1) is 6.92 Å². The molecule has 1 heterocycles. The number of hydrogen-bond acceptors (Lipinski definition) is 3. The SMILES string of the molecule is CCCC[N+](CCCC)(CCCC)CCCOc1ccc(-c2ncc(C)cn2)cc1. The van der Waals surface area contributed by atoms with Gasteiger partial charge in [-0.15, -0.1) is 0 Å². The molecule has 1 aromatic carbocycles. The lowest BCUT2D eigenvalue weighted by Crippen LogP contribution is -2.51. The third kappa shape index (κ3) is 8.06. The third-order valence-corrected chi connectivity index (χ3v) is 5.90. The molecule has 0 amide bonds. The highest BCUT2D eigenvalue weighted by Gasteiger charge is 2.25. The van der Waals surface area contributed by atoms with Gasteiger partial charge >= 0.3 is 0 Å². The molecule has 4 heteroatoms. The van der Waals surface area contributed by atoms with E-state index in [1.807, 2.05) is 43.6 Å². The van der Waals surface area contributed by atoms with Crippen LogP contribution in [0.5, 0.6) is 5.75 Å². The van der Waals surface area contributed by atoms with Crippen LogP contribution in [0.4, 0.5) is 0 Å². The average Bonchev–Trinajstić information content (AvgIpc) is 2.78. The second-order valence-corrected chi connectivity index (χ2v) is 8.61. The van der Waals surface area contributed by atoms with Gasteiger partial charge in [0, 0.05) is 24.4 Å². The predicted molar refractivity (Wildman–Crippen MR) is 127 cm³/mol. The van der Waals surface area contributed by atoms with Crippen LogP contribution in [0.2, 0.25) is 0 Å². The minimum absolute atomic E-state index is 0.761. The van der Waals surface area contributed by atoms with Gasteiger partial charge in [-0.25, -0.2) is 9.97 Å². The van der Waals surface area contributed by atoms with Crippen molar-refractivity contribution in [1.82, 2.24) is 9.97 Å². The summed E-state index contributed by atoms with van der Waals surface area (Å²) in [7, 11) is 0. The van der Waals surface area contributed by atoms with E-state index in [0.29, 0.717) is 0 Å². The summed E-state index contributed by atoms with van der Waals surface area (Å²) >= 11 is 0. The van der Waals surface area contributed by atoms with Gasteiger partial charge in [0.2, 0.25) is 0 Å². The number of aromatic nitrogens is 2. The zero-order valence-corrected chi connectivity index (χ0v) is 19.7. The standard InChI is InChI=1S/C26H42N3O/c1-5-8-16-29(17-9-6-2,18-10-7-3)19-11-20-30-25-14-12-24(13-15-25)26-27-21-23(4)22-28-26/h12-15,21-22H,5-11,16-20H2,1-4H3/q+1. The Morgan fingerprint density at radius 3 is 1.73 bits per heavy atom. The molecule has 0 fully saturated rings. The molecule has 2 aromatic rings. The molecule has 0 radical (unpaired) electrons. The molecular formula is C26H42N3O+. The maximum atomic E-state index is 6.07. The van der Waals surface area contributed by atoms with Gasteiger partial charge in [-0.3, -0.25) is 0 Å². The smallest absolute Gasteiger partial charge is 0.159 e. The van der Waals surface area contributed by atoms with Gasteiger partial charge in [0.05, 0.1) is 32.8 Å². The molecule has 0 saturated heterocycles. The Hall–Kier alpha value is -1.94. The number of aryl methyl sites for hydroxylation is 1. The molecule has 0 aliphatic heterocycles. The van der Waals surface area contributed by atoms with Gasteiger partial charge in [0.1, 0.15) is 5.75 Å². The molecule has 0 bridgehead atoms. The maximum absolute atomic E-state index is 6.07. The fraction of sp³-hybridized carbons (Fsp3) is 0.615. The molecule has 0 atom stereocenters. The Balaban J connectivity index is 1.88. The van der Waals surface area contributed by atoms with Crippen LogP contribution in [0.1, 0.15) is 71.3 Å². The molecule has 0 N–H and O–H groups in total. The first-order valence-corrected chi connectivity index (χ1v) is 12.0. The van der Waals surface area contributed by atoms with Crippen LogP contribution < -0.4 is 4.74 Å². The van der Waals surface area contributed by atoms with Gasteiger partial charge in [-0.1, -0.05) is 40.0 Å². The predicted octanol–water partition coefficient (Wildman–Crippen LogP) is 6.44. The molecular weight excluding hydrogens is 370 g/mol. The third-order valence-electron chi connectivity index (χ3n) is 5.90. The number of nitrogens with zero attached hydrogens (tertiary/aromatic N) is 3. The Morgan fingerprint density at radius 2 is 1.23 bits per heavy atom. The molecule has 0 aliphatic rings. The van der Waals surface area contributed by atoms with Crippen LogP contribution in [0.15, 0.2) is 36.7 Å². The van der Waals surface area contributed by atoms with Crippen LogP contribution in [-0.2, 0) is 0 Å². The van der Waals surface area contributed by atoms with E-state index in [4.69, 9.17) is 4.74 Å². The molecule has 0 saturated carbocycles. The quantitative estimate of drug-likeness (QED) is 0.249. The average molecular weight is 413 g/mol. The summed E-state index contributed by atoms with van der Waals surface area (Å²) < 4.78 is 7.35. The largest absolute Gasteiger partial charge is 0.493 e. The maximum Gasteiger partial charge on any atom is 0.159 e. The van der Waals surface area contributed by atoms with Crippen molar-refractivity contribution in [2.75, 3.05) is 32.8 Å². The number of quaternary nitrogens is 1. The molecule has 0 unspecified atom stereocenters. The van der Waals surface area contributed by atoms with E-state index >= 15 is 0 Å². The van der Waals surface area contributed by atoms with E-state index in [-0.39, 0.29) is 0 Å². The van der Waals surface area contributed by atoms with Gasteiger partial charge in [0.25, 0.3) is 0 Å². The summed E-state index contributed by atoms with van der Waals surface area (Å²) in [5.41, 5.74) is 2.10. The second kappa shape index (κ2) is 13.4. The normalized spacial score (nSPS) is 11.6. The van der Waals surface area contributed by atoms with Crippen molar-refractivity contribution in [3.05, 3.63) is 42.2 Å². The van der Waals surface area contributed by atoms with E-state index in [0.717, 1.165) is 35.7 Å². The molecule has 0 aliphatic carbocycles. The summed E-state index contributed by atoms with van der Waals surface area (Å²) in [5, 5.41) is 0. The van der Waals surface area contributed by atoms with Crippen molar-refractivity contribution in [3.63, 3.8) is 0 Å². The number of ether oxygens (including phenoxy) is 1. The van der Waals surface area contributed by atoms with Crippen molar-refractivity contribution < 1.29 is 9.22 Å². The minimum Gasteiger partial charge on any atom is -0.493 e. The number of unbranched alkanes of at least 4 members (excludes halogenated alkanes) is 3. The van der Waals surface area contributed by atoms with E-state index in [9.17, 15) is 0 Å². The molecule has 30 heavy (non-hydrogen) atoms. The minimum atomic E-state index is 0.761. The van der Waals surface area contributed by atoms with Crippen molar-refractivity contribution in [2.24, 2.45) is 0 Å². The van der Waals surface area contributed by atoms with Gasteiger partial charge in [0.15, 0.2) is 5.82 Å².